The van der Waals surface area contributed by atoms with Crippen molar-refractivity contribution < 1.29 is 4.79 Å². The van der Waals surface area contributed by atoms with Gasteiger partial charge in [-0.15, -0.1) is 0 Å². The van der Waals surface area contributed by atoms with E-state index in [1.54, 1.807) is 0 Å². The van der Waals surface area contributed by atoms with Crippen molar-refractivity contribution in [1.29, 1.82) is 0 Å². The van der Waals surface area contributed by atoms with Crippen LogP contribution in [0.3, 0.4) is 0 Å². The maximum atomic E-state index is 13.1. The van der Waals surface area contributed by atoms with Crippen molar-refractivity contribution in [3.63, 3.8) is 0 Å². The van der Waals surface area contributed by atoms with Gasteiger partial charge in [-0.05, 0) is 47.7 Å². The Morgan fingerprint density at radius 3 is 2.32 bits per heavy atom. The van der Waals surface area contributed by atoms with Gasteiger partial charge in [0.15, 0.2) is 0 Å². The van der Waals surface area contributed by atoms with Gasteiger partial charge in [-0.1, -0.05) is 72.8 Å². The molecule has 0 saturated carbocycles. The summed E-state index contributed by atoms with van der Waals surface area (Å²) in [5, 5.41) is 0. The summed E-state index contributed by atoms with van der Waals surface area (Å²) in [6, 6.07) is 27.3. The Morgan fingerprint density at radius 2 is 1.53 bits per heavy atom. The molecule has 0 radical (unpaired) electrons. The minimum absolute atomic E-state index is 0.148. The summed E-state index contributed by atoms with van der Waals surface area (Å²) >= 11 is 0. The largest absolute Gasteiger partial charge is 0.367 e. The Balaban J connectivity index is 1.12. The molecule has 0 N–H and O–H groups in total. The van der Waals surface area contributed by atoms with E-state index < -0.39 is 0 Å². The van der Waals surface area contributed by atoms with E-state index in [1.807, 2.05) is 23.1 Å². The van der Waals surface area contributed by atoms with Gasteiger partial charge in [0, 0.05) is 57.1 Å². The lowest BCUT2D eigenvalue weighted by atomic mass is 10.0. The normalized spacial score (nSPS) is 16.6. The second kappa shape index (κ2) is 10.7. The van der Waals surface area contributed by atoms with E-state index in [0.717, 1.165) is 57.8 Å². The van der Waals surface area contributed by atoms with Crippen LogP contribution >= 0.6 is 0 Å². The molecule has 1 fully saturated rings. The molecule has 4 heteroatoms. The zero-order valence-corrected chi connectivity index (χ0v) is 19.8. The van der Waals surface area contributed by atoms with E-state index in [9.17, 15) is 4.79 Å². The fourth-order valence-electron chi connectivity index (χ4n) is 4.97. The Kier molecular flexibility index (Phi) is 7.06. The van der Waals surface area contributed by atoms with Gasteiger partial charge in [0.2, 0.25) is 0 Å². The molecular formula is C30H33N3O. The van der Waals surface area contributed by atoms with Crippen molar-refractivity contribution in [2.24, 2.45) is 0 Å². The first-order valence-electron chi connectivity index (χ1n) is 12.4. The van der Waals surface area contributed by atoms with Crippen LogP contribution in [-0.4, -0.2) is 55.0 Å². The first kappa shape index (κ1) is 22.4. The van der Waals surface area contributed by atoms with E-state index in [4.69, 9.17) is 0 Å². The predicted octanol–water partition coefficient (Wildman–Crippen LogP) is 5.11. The monoisotopic (exact) mass is 451 g/mol. The third-order valence-electron chi connectivity index (χ3n) is 6.91. The molecule has 2 aliphatic rings. The number of benzene rings is 3. The first-order valence-corrected chi connectivity index (χ1v) is 12.4. The minimum Gasteiger partial charge on any atom is -0.367 e. The van der Waals surface area contributed by atoms with E-state index in [-0.39, 0.29) is 5.91 Å². The van der Waals surface area contributed by atoms with Gasteiger partial charge in [0.05, 0.1) is 0 Å². The molecule has 3 aromatic rings. The number of hydrogen-bond donors (Lipinski definition) is 0. The van der Waals surface area contributed by atoms with Gasteiger partial charge in [-0.25, -0.2) is 0 Å². The van der Waals surface area contributed by atoms with Crippen LogP contribution in [0.4, 0.5) is 5.69 Å². The number of carbonyl (C=O) groups is 1. The number of carbonyl (C=O) groups excluding carboxylic acids is 1. The van der Waals surface area contributed by atoms with Crippen molar-refractivity contribution in [2.75, 3.05) is 44.2 Å². The molecule has 1 amide bonds. The molecule has 0 unspecified atom stereocenters. The van der Waals surface area contributed by atoms with E-state index in [0.29, 0.717) is 0 Å². The Labute approximate surface area is 203 Å². The number of hydrogen-bond acceptors (Lipinski definition) is 3. The van der Waals surface area contributed by atoms with E-state index in [2.05, 4.69) is 82.6 Å². The average Bonchev–Trinajstić information content (AvgIpc) is 2.90. The number of piperazine rings is 1. The fourth-order valence-corrected chi connectivity index (χ4v) is 4.97. The van der Waals surface area contributed by atoms with Crippen LogP contribution in [0, 0.1) is 0 Å². The molecule has 1 saturated heterocycles. The average molecular weight is 452 g/mol. The van der Waals surface area contributed by atoms with Gasteiger partial charge < -0.3 is 9.80 Å². The molecule has 4 nitrogen and oxygen atoms in total. The van der Waals surface area contributed by atoms with Crippen LogP contribution in [0.2, 0.25) is 0 Å². The number of nitrogens with zero attached hydrogens (tertiary/aromatic N) is 3. The number of rotatable bonds is 6. The van der Waals surface area contributed by atoms with E-state index >= 15 is 0 Å². The SMILES string of the molecule is O=C(c1ccc(CN2CCCc3ccccc32)cc1)N1CCN(C/C=C/c2ccccc2)CC1. The summed E-state index contributed by atoms with van der Waals surface area (Å²) in [4.78, 5) is 19.9. The van der Waals surface area contributed by atoms with Crippen LogP contribution in [-0.2, 0) is 13.0 Å². The van der Waals surface area contributed by atoms with E-state index in [1.165, 1.54) is 28.8 Å². The summed E-state index contributed by atoms with van der Waals surface area (Å²) in [7, 11) is 0. The smallest absolute Gasteiger partial charge is 0.253 e. The molecule has 0 aliphatic carbocycles. The molecule has 2 heterocycles. The molecule has 3 aromatic carbocycles. The summed E-state index contributed by atoms with van der Waals surface area (Å²) in [6.07, 6.45) is 6.74. The highest BCUT2D eigenvalue weighted by Crippen LogP contribution is 2.28. The molecule has 0 aromatic heterocycles. The lowest BCUT2D eigenvalue weighted by molar-refractivity contribution is 0.0650. The highest BCUT2D eigenvalue weighted by atomic mass is 16.2. The van der Waals surface area contributed by atoms with Crippen molar-refractivity contribution in [3.05, 3.63) is 107 Å². The van der Waals surface area contributed by atoms with Gasteiger partial charge >= 0.3 is 0 Å². The van der Waals surface area contributed by atoms with Gasteiger partial charge in [0.25, 0.3) is 5.91 Å². The molecule has 0 bridgehead atoms. The minimum atomic E-state index is 0.148. The number of amides is 1. The van der Waals surface area contributed by atoms with Gasteiger partial charge in [-0.2, -0.15) is 0 Å². The lowest BCUT2D eigenvalue weighted by Gasteiger charge is -2.34. The molecule has 2 aliphatic heterocycles. The predicted molar refractivity (Wildman–Crippen MR) is 140 cm³/mol. The lowest BCUT2D eigenvalue weighted by Crippen LogP contribution is -2.48. The molecule has 0 spiro atoms. The van der Waals surface area contributed by atoms with Gasteiger partial charge in [-0.3, -0.25) is 9.69 Å². The second-order valence-corrected chi connectivity index (χ2v) is 9.26. The molecule has 34 heavy (non-hydrogen) atoms. The third kappa shape index (κ3) is 5.40. The van der Waals surface area contributed by atoms with Crippen LogP contribution in [0.1, 0.15) is 33.5 Å². The van der Waals surface area contributed by atoms with Crippen molar-refractivity contribution in [3.8, 4) is 0 Å². The molecule has 5 rings (SSSR count). The number of anilines is 1. The van der Waals surface area contributed by atoms with Crippen LogP contribution in [0.5, 0.6) is 0 Å². The number of para-hydroxylation sites is 1. The maximum Gasteiger partial charge on any atom is 0.253 e. The van der Waals surface area contributed by atoms with Crippen LogP contribution in [0.15, 0.2) is 84.9 Å². The summed E-state index contributed by atoms with van der Waals surface area (Å²) < 4.78 is 0. The third-order valence-corrected chi connectivity index (χ3v) is 6.91. The van der Waals surface area contributed by atoms with Crippen molar-refractivity contribution in [2.45, 2.75) is 19.4 Å². The summed E-state index contributed by atoms with van der Waals surface area (Å²) in [5.41, 5.74) is 6.06. The fraction of sp³-hybridized carbons (Fsp3) is 0.300. The number of fused-ring (bicyclic) bond motifs is 1. The topological polar surface area (TPSA) is 26.8 Å². The van der Waals surface area contributed by atoms with Gasteiger partial charge in [0.1, 0.15) is 0 Å². The standard InChI is InChI=1S/C30H33N3O/c34-30(32-22-20-31(21-23-32)18-6-10-25-8-2-1-3-9-25)28-16-14-26(15-17-28)24-33-19-7-12-27-11-4-5-13-29(27)33/h1-6,8-11,13-17H,7,12,18-24H2/b10-6+. The maximum absolute atomic E-state index is 13.1. The molecular weight excluding hydrogens is 418 g/mol. The molecule has 0 atom stereocenters. The quantitative estimate of drug-likeness (QED) is 0.521. The Morgan fingerprint density at radius 1 is 0.794 bits per heavy atom. The highest BCUT2D eigenvalue weighted by Gasteiger charge is 2.22. The Hall–Kier alpha value is -3.37. The zero-order valence-electron chi connectivity index (χ0n) is 19.8. The van der Waals surface area contributed by atoms with Crippen LogP contribution in [0.25, 0.3) is 6.08 Å². The van der Waals surface area contributed by atoms with Crippen molar-refractivity contribution >= 4 is 17.7 Å². The molecule has 174 valence electrons. The Bertz CT molecular complexity index is 1120. The van der Waals surface area contributed by atoms with Crippen LogP contribution < -0.4 is 4.90 Å². The summed E-state index contributed by atoms with van der Waals surface area (Å²) in [5.74, 6) is 0.148. The number of aryl methyl sites for hydroxylation is 1. The highest BCUT2D eigenvalue weighted by molar-refractivity contribution is 5.94. The zero-order chi connectivity index (χ0) is 23.2. The summed E-state index contributed by atoms with van der Waals surface area (Å²) in [6.45, 7) is 6.29. The second-order valence-electron chi connectivity index (χ2n) is 9.26. The van der Waals surface area contributed by atoms with Crippen molar-refractivity contribution in [1.82, 2.24) is 9.80 Å². The first-order chi connectivity index (χ1) is 16.8.